The molecule has 0 saturated heterocycles. The third-order valence-corrected chi connectivity index (χ3v) is 2.62. The van der Waals surface area contributed by atoms with Crippen LogP contribution in [0.5, 0.6) is 0 Å². The first kappa shape index (κ1) is 14.6. The zero-order valence-electron chi connectivity index (χ0n) is 10.1. The Morgan fingerprint density at radius 2 is 2.00 bits per heavy atom. The first-order chi connectivity index (χ1) is 8.71. The second-order valence-electron chi connectivity index (χ2n) is 3.99. The second-order valence-corrected chi connectivity index (χ2v) is 3.99. The number of aliphatic hydroxyl groups excluding tert-OH is 2. The summed E-state index contributed by atoms with van der Waals surface area (Å²) in [6.45, 7) is 1.35. The van der Waals surface area contributed by atoms with Crippen LogP contribution in [-0.4, -0.2) is 41.4 Å². The monoisotopic (exact) mass is 252 g/mol. The highest BCUT2D eigenvalue weighted by Crippen LogP contribution is 2.13. The van der Waals surface area contributed by atoms with Gasteiger partial charge in [0.25, 0.3) is 0 Å². The van der Waals surface area contributed by atoms with Crippen molar-refractivity contribution in [2.75, 3.05) is 26.3 Å². The minimum atomic E-state index is -0.360. The summed E-state index contributed by atoms with van der Waals surface area (Å²) in [6.07, 6.45) is 0.569. The van der Waals surface area contributed by atoms with Crippen molar-refractivity contribution in [3.63, 3.8) is 0 Å². The van der Waals surface area contributed by atoms with E-state index in [1.807, 2.05) is 11.0 Å². The molecule has 0 saturated carbocycles. The molecule has 0 aliphatic rings. The van der Waals surface area contributed by atoms with E-state index >= 15 is 0 Å². The SMILES string of the molecule is N#Cc1ccc(F)c(CN(CCO)CCCO)c1. The first-order valence-electron chi connectivity index (χ1n) is 5.84. The number of rotatable bonds is 7. The zero-order valence-corrected chi connectivity index (χ0v) is 10.1. The minimum absolute atomic E-state index is 0.0228. The van der Waals surface area contributed by atoms with Crippen LogP contribution in [0.25, 0.3) is 0 Å². The van der Waals surface area contributed by atoms with Crippen LogP contribution in [0, 0.1) is 17.1 Å². The van der Waals surface area contributed by atoms with Crippen LogP contribution < -0.4 is 0 Å². The van der Waals surface area contributed by atoms with Crippen molar-refractivity contribution in [1.82, 2.24) is 4.90 Å². The molecule has 0 aliphatic heterocycles. The highest BCUT2D eigenvalue weighted by molar-refractivity contribution is 5.33. The van der Waals surface area contributed by atoms with Crippen LogP contribution in [0.2, 0.25) is 0 Å². The largest absolute Gasteiger partial charge is 0.396 e. The average molecular weight is 252 g/mol. The first-order valence-corrected chi connectivity index (χ1v) is 5.84. The predicted molar refractivity (Wildman–Crippen MR) is 65.2 cm³/mol. The van der Waals surface area contributed by atoms with Gasteiger partial charge in [0, 0.05) is 31.8 Å². The molecule has 2 N–H and O–H groups in total. The van der Waals surface area contributed by atoms with Gasteiger partial charge >= 0.3 is 0 Å². The van der Waals surface area contributed by atoms with Gasteiger partial charge < -0.3 is 10.2 Å². The fraction of sp³-hybridized carbons (Fsp3) is 0.462. The lowest BCUT2D eigenvalue weighted by Gasteiger charge is -2.21. The molecule has 5 heteroatoms. The summed E-state index contributed by atoms with van der Waals surface area (Å²) in [5, 5.41) is 26.5. The highest BCUT2D eigenvalue weighted by atomic mass is 19.1. The standard InChI is InChI=1S/C13H17FN2O2/c14-13-3-2-11(9-15)8-12(13)10-16(5-7-18)4-1-6-17/h2-3,8,17-18H,1,4-7,10H2. The third kappa shape index (κ3) is 4.41. The fourth-order valence-corrected chi connectivity index (χ4v) is 1.71. The van der Waals surface area contributed by atoms with Gasteiger partial charge in [-0.2, -0.15) is 5.26 Å². The Hall–Kier alpha value is -1.48. The zero-order chi connectivity index (χ0) is 13.4. The summed E-state index contributed by atoms with van der Waals surface area (Å²) in [4.78, 5) is 1.84. The topological polar surface area (TPSA) is 67.5 Å². The van der Waals surface area contributed by atoms with Crippen molar-refractivity contribution in [2.24, 2.45) is 0 Å². The van der Waals surface area contributed by atoms with E-state index < -0.39 is 0 Å². The molecule has 0 fully saturated rings. The van der Waals surface area contributed by atoms with Gasteiger partial charge in [-0.1, -0.05) is 0 Å². The maximum Gasteiger partial charge on any atom is 0.127 e. The van der Waals surface area contributed by atoms with Crippen molar-refractivity contribution in [2.45, 2.75) is 13.0 Å². The van der Waals surface area contributed by atoms with Crippen LogP contribution >= 0.6 is 0 Å². The van der Waals surface area contributed by atoms with Gasteiger partial charge in [0.15, 0.2) is 0 Å². The Kier molecular flexibility index (Phi) is 6.29. The molecule has 0 unspecified atom stereocenters. The van der Waals surface area contributed by atoms with Gasteiger partial charge in [0.1, 0.15) is 5.82 Å². The van der Waals surface area contributed by atoms with E-state index in [4.69, 9.17) is 15.5 Å². The number of hydrogen-bond acceptors (Lipinski definition) is 4. The van der Waals surface area contributed by atoms with Gasteiger partial charge in [-0.3, -0.25) is 4.90 Å². The van der Waals surface area contributed by atoms with E-state index in [1.54, 1.807) is 0 Å². The molecule has 0 atom stereocenters. The highest BCUT2D eigenvalue weighted by Gasteiger charge is 2.09. The van der Waals surface area contributed by atoms with Crippen LogP contribution in [0.3, 0.4) is 0 Å². The second kappa shape index (κ2) is 7.77. The maximum atomic E-state index is 13.6. The Morgan fingerprint density at radius 1 is 1.22 bits per heavy atom. The molecule has 1 rings (SSSR count). The molecule has 0 radical (unpaired) electrons. The van der Waals surface area contributed by atoms with Crippen molar-refractivity contribution < 1.29 is 14.6 Å². The molecular weight excluding hydrogens is 235 g/mol. The van der Waals surface area contributed by atoms with Gasteiger partial charge in [0.05, 0.1) is 18.2 Å². The summed E-state index contributed by atoms with van der Waals surface area (Å²) in [5.41, 5.74) is 0.845. The molecule has 0 amide bonds. The quantitative estimate of drug-likeness (QED) is 0.755. The number of aliphatic hydroxyl groups is 2. The molecule has 4 nitrogen and oxygen atoms in total. The van der Waals surface area contributed by atoms with Crippen molar-refractivity contribution >= 4 is 0 Å². The summed E-state index contributed by atoms with van der Waals surface area (Å²) in [6, 6.07) is 6.19. The van der Waals surface area contributed by atoms with E-state index in [0.717, 1.165) is 0 Å². The number of hydrogen-bond donors (Lipinski definition) is 2. The van der Waals surface area contributed by atoms with E-state index in [0.29, 0.717) is 37.2 Å². The van der Waals surface area contributed by atoms with E-state index in [9.17, 15) is 4.39 Å². The molecule has 18 heavy (non-hydrogen) atoms. The van der Waals surface area contributed by atoms with Crippen LogP contribution in [-0.2, 0) is 6.54 Å². The molecule has 0 heterocycles. The molecule has 0 bridgehead atoms. The predicted octanol–water partition coefficient (Wildman–Crippen LogP) is 0.874. The Bertz CT molecular complexity index is 418. The number of benzene rings is 1. The van der Waals surface area contributed by atoms with Gasteiger partial charge in [0.2, 0.25) is 0 Å². The molecule has 0 aromatic heterocycles. The molecule has 1 aromatic rings. The summed E-state index contributed by atoms with van der Waals surface area (Å²) >= 11 is 0. The number of nitriles is 1. The Morgan fingerprint density at radius 3 is 2.61 bits per heavy atom. The third-order valence-electron chi connectivity index (χ3n) is 2.62. The van der Waals surface area contributed by atoms with E-state index in [1.165, 1.54) is 18.2 Å². The van der Waals surface area contributed by atoms with Crippen molar-refractivity contribution in [3.05, 3.63) is 35.1 Å². The lowest BCUT2D eigenvalue weighted by atomic mass is 10.1. The maximum absolute atomic E-state index is 13.6. The Balaban J connectivity index is 2.75. The summed E-state index contributed by atoms with van der Waals surface area (Å²) in [7, 11) is 0. The Labute approximate surface area is 106 Å². The summed E-state index contributed by atoms with van der Waals surface area (Å²) < 4.78 is 13.6. The van der Waals surface area contributed by atoms with Gasteiger partial charge in [-0.05, 0) is 24.6 Å². The number of halogens is 1. The van der Waals surface area contributed by atoms with Crippen LogP contribution in [0.15, 0.2) is 18.2 Å². The van der Waals surface area contributed by atoms with Crippen LogP contribution in [0.4, 0.5) is 4.39 Å². The normalized spacial score (nSPS) is 10.6. The van der Waals surface area contributed by atoms with Crippen molar-refractivity contribution in [3.8, 4) is 6.07 Å². The van der Waals surface area contributed by atoms with Crippen LogP contribution in [0.1, 0.15) is 17.5 Å². The van der Waals surface area contributed by atoms with Crippen molar-refractivity contribution in [1.29, 1.82) is 5.26 Å². The molecular formula is C13H17FN2O2. The minimum Gasteiger partial charge on any atom is -0.396 e. The van der Waals surface area contributed by atoms with E-state index in [-0.39, 0.29) is 19.0 Å². The lowest BCUT2D eigenvalue weighted by molar-refractivity contribution is 0.173. The average Bonchev–Trinajstić information content (AvgIpc) is 2.38. The van der Waals surface area contributed by atoms with E-state index in [2.05, 4.69) is 0 Å². The molecule has 1 aromatic carbocycles. The molecule has 98 valence electrons. The molecule has 0 spiro atoms. The smallest absolute Gasteiger partial charge is 0.127 e. The molecule has 0 aliphatic carbocycles. The van der Waals surface area contributed by atoms with Gasteiger partial charge in [-0.25, -0.2) is 4.39 Å². The number of nitrogens with zero attached hydrogens (tertiary/aromatic N) is 2. The summed E-state index contributed by atoms with van der Waals surface area (Å²) in [5.74, 6) is -0.360. The fourth-order valence-electron chi connectivity index (χ4n) is 1.71. The van der Waals surface area contributed by atoms with Gasteiger partial charge in [-0.15, -0.1) is 0 Å². The lowest BCUT2D eigenvalue weighted by Crippen LogP contribution is -2.28.